The summed E-state index contributed by atoms with van der Waals surface area (Å²) in [6.07, 6.45) is 0.242. The van der Waals surface area contributed by atoms with Crippen molar-refractivity contribution < 1.29 is 16.4 Å². The molecule has 0 nitrogen and oxygen atoms in total. The average molecular weight is 232 g/mol. The molecule has 0 aromatic heterocycles. The monoisotopic (exact) mass is 232 g/mol. The Kier molecular flexibility index (Phi) is 4.64. The van der Waals surface area contributed by atoms with Gasteiger partial charge in [-0.2, -0.15) is 0 Å². The molecule has 0 fully saturated rings. The normalized spacial score (nSPS) is 15.9. The number of hydrogen-bond donors (Lipinski definition) is 0. The molecule has 0 aromatic rings. The summed E-state index contributed by atoms with van der Waals surface area (Å²) in [4.78, 5) is 0. The molecule has 0 saturated carbocycles. The SMILES string of the molecule is CC(CC[Si](C)(F)F)C[Si](C)(F)F. The predicted octanol–water partition coefficient (Wildman–Crippen LogP) is 4.03. The molecule has 0 amide bonds. The third kappa shape index (κ3) is 10.1. The molecule has 0 saturated heterocycles. The Bertz CT molecular complexity index is 150. The van der Waals surface area contributed by atoms with Gasteiger partial charge < -0.3 is 0 Å². The molecule has 80 valence electrons. The van der Waals surface area contributed by atoms with Gasteiger partial charge in [-0.05, 0) is 31.5 Å². The van der Waals surface area contributed by atoms with Crippen LogP contribution in [0.1, 0.15) is 13.3 Å². The lowest BCUT2D eigenvalue weighted by molar-refractivity contribution is 0.509. The maximum atomic E-state index is 12.6. The van der Waals surface area contributed by atoms with E-state index in [1.54, 1.807) is 6.92 Å². The van der Waals surface area contributed by atoms with Crippen molar-refractivity contribution in [3.63, 3.8) is 0 Å². The van der Waals surface area contributed by atoms with Gasteiger partial charge in [0.2, 0.25) is 0 Å². The Balaban J connectivity index is 3.70. The Morgan fingerprint density at radius 2 is 1.46 bits per heavy atom. The average Bonchev–Trinajstić information content (AvgIpc) is 1.78. The van der Waals surface area contributed by atoms with Crippen molar-refractivity contribution in [2.24, 2.45) is 5.92 Å². The molecule has 0 N–H and O–H groups in total. The van der Waals surface area contributed by atoms with Crippen molar-refractivity contribution in [1.29, 1.82) is 0 Å². The fourth-order valence-electron chi connectivity index (χ4n) is 1.21. The molecule has 1 unspecified atom stereocenters. The minimum absolute atomic E-state index is 0.154. The van der Waals surface area contributed by atoms with Gasteiger partial charge in [-0.25, -0.2) is 0 Å². The first-order chi connectivity index (χ1) is 5.60. The van der Waals surface area contributed by atoms with E-state index in [1.807, 2.05) is 0 Å². The van der Waals surface area contributed by atoms with Crippen LogP contribution in [-0.4, -0.2) is 17.5 Å². The van der Waals surface area contributed by atoms with E-state index in [9.17, 15) is 16.4 Å². The molecule has 0 aliphatic rings. The number of rotatable bonds is 5. The van der Waals surface area contributed by atoms with Crippen molar-refractivity contribution >= 4 is 17.5 Å². The third-order valence-electron chi connectivity index (χ3n) is 1.78. The maximum absolute atomic E-state index is 12.6. The van der Waals surface area contributed by atoms with Crippen molar-refractivity contribution in [2.75, 3.05) is 0 Å². The second kappa shape index (κ2) is 4.59. The summed E-state index contributed by atoms with van der Waals surface area (Å²) in [5.41, 5.74) is 0. The second-order valence-electron chi connectivity index (χ2n) is 3.99. The molecule has 0 heterocycles. The highest BCUT2D eigenvalue weighted by Gasteiger charge is 2.33. The lowest BCUT2D eigenvalue weighted by atomic mass is 10.2. The summed E-state index contributed by atoms with van der Waals surface area (Å²) in [6, 6.07) is -0.309. The predicted molar refractivity (Wildman–Crippen MR) is 51.1 cm³/mol. The van der Waals surface area contributed by atoms with E-state index in [0.717, 1.165) is 13.1 Å². The zero-order valence-electron chi connectivity index (χ0n) is 8.21. The first kappa shape index (κ1) is 13.2. The summed E-state index contributed by atoms with van der Waals surface area (Å²) in [5.74, 6) is -0.259. The van der Waals surface area contributed by atoms with Gasteiger partial charge >= 0.3 is 17.5 Å². The fraction of sp³-hybridized carbons (Fsp3) is 1.00. The summed E-state index contributed by atoms with van der Waals surface area (Å²) in [7, 11) is -8.07. The molecule has 0 bridgehead atoms. The Hall–Kier alpha value is 0.154. The van der Waals surface area contributed by atoms with Gasteiger partial charge in [0.1, 0.15) is 0 Å². The van der Waals surface area contributed by atoms with Crippen LogP contribution in [0, 0.1) is 5.92 Å². The van der Waals surface area contributed by atoms with Gasteiger partial charge in [0.05, 0.1) is 0 Å². The molecule has 0 radical (unpaired) electrons. The Labute approximate surface area is 79.0 Å². The standard InChI is InChI=1S/C7H16F4Si2/c1-7(6-13(3,10)11)4-5-12(2,8)9/h7H,4-6H2,1-3H3. The zero-order valence-corrected chi connectivity index (χ0v) is 10.2. The van der Waals surface area contributed by atoms with E-state index in [0.29, 0.717) is 0 Å². The topological polar surface area (TPSA) is 0 Å². The fourth-order valence-corrected chi connectivity index (χ4v) is 3.64. The molecule has 1 atom stereocenters. The van der Waals surface area contributed by atoms with Crippen molar-refractivity contribution in [3.05, 3.63) is 0 Å². The molecule has 0 aliphatic carbocycles. The molecule has 0 rings (SSSR count). The highest BCUT2D eigenvalue weighted by atomic mass is 28.4. The number of halogens is 4. The zero-order chi connectivity index (χ0) is 10.7. The quantitative estimate of drug-likeness (QED) is 0.381. The van der Waals surface area contributed by atoms with Crippen LogP contribution in [0.25, 0.3) is 0 Å². The summed E-state index contributed by atoms with van der Waals surface area (Å²) in [5, 5.41) is 0. The lowest BCUT2D eigenvalue weighted by Crippen LogP contribution is -2.22. The number of hydrogen-bond acceptors (Lipinski definition) is 0. The minimum Gasteiger partial charge on any atom is -0.271 e. The van der Waals surface area contributed by atoms with Crippen LogP contribution in [0.2, 0.25) is 25.2 Å². The van der Waals surface area contributed by atoms with Crippen molar-refractivity contribution in [1.82, 2.24) is 0 Å². The van der Waals surface area contributed by atoms with E-state index in [2.05, 4.69) is 0 Å². The molecular weight excluding hydrogens is 216 g/mol. The highest BCUT2D eigenvalue weighted by molar-refractivity contribution is 6.65. The van der Waals surface area contributed by atoms with E-state index < -0.39 is 17.5 Å². The first-order valence-electron chi connectivity index (χ1n) is 4.36. The largest absolute Gasteiger partial charge is 0.422 e. The highest BCUT2D eigenvalue weighted by Crippen LogP contribution is 2.26. The van der Waals surface area contributed by atoms with Gasteiger partial charge in [0.25, 0.3) is 0 Å². The van der Waals surface area contributed by atoms with Crippen LogP contribution in [0.15, 0.2) is 0 Å². The van der Waals surface area contributed by atoms with E-state index in [4.69, 9.17) is 0 Å². The van der Waals surface area contributed by atoms with Crippen molar-refractivity contribution in [2.45, 2.75) is 38.5 Å². The summed E-state index contributed by atoms with van der Waals surface area (Å²) < 4.78 is 50.1. The second-order valence-corrected chi connectivity index (χ2v) is 9.18. The first-order valence-corrected chi connectivity index (χ1v) is 9.28. The van der Waals surface area contributed by atoms with Crippen LogP contribution in [0.5, 0.6) is 0 Å². The Morgan fingerprint density at radius 1 is 1.00 bits per heavy atom. The van der Waals surface area contributed by atoms with Crippen LogP contribution in [0.4, 0.5) is 16.4 Å². The third-order valence-corrected chi connectivity index (χ3v) is 4.36. The van der Waals surface area contributed by atoms with Crippen LogP contribution in [-0.2, 0) is 0 Å². The van der Waals surface area contributed by atoms with Crippen LogP contribution < -0.4 is 0 Å². The van der Waals surface area contributed by atoms with Gasteiger partial charge in [-0.1, -0.05) is 6.92 Å². The summed E-state index contributed by atoms with van der Waals surface area (Å²) in [6.45, 7) is 3.55. The van der Waals surface area contributed by atoms with E-state index in [-0.39, 0.29) is 24.4 Å². The van der Waals surface area contributed by atoms with Gasteiger partial charge in [-0.3, -0.25) is 16.4 Å². The van der Waals surface area contributed by atoms with Crippen LogP contribution in [0.3, 0.4) is 0 Å². The van der Waals surface area contributed by atoms with Crippen LogP contribution >= 0.6 is 0 Å². The van der Waals surface area contributed by atoms with Gasteiger partial charge in [-0.15, -0.1) is 0 Å². The molecule has 0 spiro atoms. The molecular formula is C7H16F4Si2. The maximum Gasteiger partial charge on any atom is 0.422 e. The van der Waals surface area contributed by atoms with E-state index >= 15 is 0 Å². The smallest absolute Gasteiger partial charge is 0.271 e. The van der Waals surface area contributed by atoms with Gasteiger partial charge in [0.15, 0.2) is 0 Å². The molecule has 13 heavy (non-hydrogen) atoms. The Morgan fingerprint density at radius 3 is 1.77 bits per heavy atom. The summed E-state index contributed by atoms with van der Waals surface area (Å²) >= 11 is 0. The lowest BCUT2D eigenvalue weighted by Gasteiger charge is -2.15. The minimum atomic E-state index is -4.05. The molecule has 0 aromatic carbocycles. The molecule has 6 heteroatoms. The molecule has 0 aliphatic heterocycles. The van der Waals surface area contributed by atoms with Crippen molar-refractivity contribution in [3.8, 4) is 0 Å². The van der Waals surface area contributed by atoms with E-state index in [1.165, 1.54) is 0 Å². The van der Waals surface area contributed by atoms with Gasteiger partial charge in [0, 0.05) is 6.04 Å².